The minimum Gasteiger partial charge on any atom is -0.508 e. The van der Waals surface area contributed by atoms with Gasteiger partial charge in [0.05, 0.1) is 6.42 Å². The summed E-state index contributed by atoms with van der Waals surface area (Å²) in [7, 11) is -4.24. The van der Waals surface area contributed by atoms with Crippen LogP contribution in [0.4, 0.5) is 0 Å². The number of hydrogen-bond donors (Lipinski definition) is 4. The number of phenolic OH excluding ortho intramolecular Hbond substituents is 1. The molecule has 0 heterocycles. The summed E-state index contributed by atoms with van der Waals surface area (Å²) in [6.45, 7) is 3.73. The maximum Gasteiger partial charge on any atom is 0.362 e. The second-order valence-electron chi connectivity index (χ2n) is 6.18. The highest BCUT2D eigenvalue weighted by atomic mass is 31.2. The third kappa shape index (κ3) is 5.59. The topological polar surface area (TPSA) is 124 Å². The average molecular weight is 380 g/mol. The minimum atomic E-state index is -4.24. The second-order valence-corrected chi connectivity index (χ2v) is 7.77. The first-order valence-electron chi connectivity index (χ1n) is 7.85. The fraction of sp³-hybridized carbons (Fsp3) is 0.278. The van der Waals surface area contributed by atoms with Crippen molar-refractivity contribution in [3.8, 4) is 11.5 Å². The maximum absolute atomic E-state index is 10.9. The van der Waals surface area contributed by atoms with Gasteiger partial charge in [-0.1, -0.05) is 12.1 Å². The van der Waals surface area contributed by atoms with Gasteiger partial charge < -0.3 is 24.7 Å². The van der Waals surface area contributed by atoms with Gasteiger partial charge in [0.2, 0.25) is 0 Å². The molecule has 7 nitrogen and oxygen atoms in total. The normalized spacial score (nSPS) is 11.4. The molecule has 0 aliphatic heterocycles. The summed E-state index contributed by atoms with van der Waals surface area (Å²) in [5, 5.41) is 18.7. The van der Waals surface area contributed by atoms with Gasteiger partial charge >= 0.3 is 13.6 Å². The zero-order valence-corrected chi connectivity index (χ0v) is 15.4. The highest BCUT2D eigenvalue weighted by molar-refractivity contribution is 7.51. The lowest BCUT2D eigenvalue weighted by molar-refractivity contribution is -0.136. The number of aromatic hydroxyl groups is 1. The number of rotatable bonds is 7. The number of aliphatic carboxylic acids is 1. The molecule has 0 saturated carbocycles. The molecule has 0 fully saturated rings. The van der Waals surface area contributed by atoms with Crippen LogP contribution in [0.5, 0.6) is 11.5 Å². The van der Waals surface area contributed by atoms with Gasteiger partial charge in [-0.25, -0.2) is 0 Å². The Morgan fingerprint density at radius 1 is 1.12 bits per heavy atom. The van der Waals surface area contributed by atoms with E-state index in [0.29, 0.717) is 17.7 Å². The van der Waals surface area contributed by atoms with Crippen LogP contribution in [0.15, 0.2) is 30.3 Å². The Labute approximate surface area is 151 Å². The van der Waals surface area contributed by atoms with Crippen LogP contribution in [-0.2, 0) is 22.2 Å². The van der Waals surface area contributed by atoms with Gasteiger partial charge in [-0.05, 0) is 60.7 Å². The van der Waals surface area contributed by atoms with Crippen LogP contribution in [0.3, 0.4) is 0 Å². The van der Waals surface area contributed by atoms with Crippen molar-refractivity contribution in [3.05, 3.63) is 58.1 Å². The van der Waals surface area contributed by atoms with Gasteiger partial charge in [0.25, 0.3) is 0 Å². The molecule has 0 aliphatic rings. The number of carboxylic acid groups (broad SMARTS) is 1. The monoisotopic (exact) mass is 380 g/mol. The molecule has 0 aliphatic carbocycles. The van der Waals surface area contributed by atoms with E-state index in [0.717, 1.165) is 22.3 Å². The smallest absolute Gasteiger partial charge is 0.362 e. The lowest BCUT2D eigenvalue weighted by atomic mass is 9.94. The van der Waals surface area contributed by atoms with E-state index in [2.05, 4.69) is 0 Å². The van der Waals surface area contributed by atoms with Gasteiger partial charge in [-0.15, -0.1) is 0 Å². The molecule has 0 spiro atoms. The lowest BCUT2D eigenvalue weighted by Gasteiger charge is -2.15. The number of carboxylic acids is 1. The van der Waals surface area contributed by atoms with Crippen LogP contribution in [-0.4, -0.2) is 32.3 Å². The molecule has 0 bridgehead atoms. The molecule has 2 aromatic rings. The largest absolute Gasteiger partial charge is 0.508 e. The molecule has 0 atom stereocenters. The molecular formula is C18H21O7P. The van der Waals surface area contributed by atoms with E-state index in [1.54, 1.807) is 24.3 Å². The van der Waals surface area contributed by atoms with Crippen molar-refractivity contribution in [2.45, 2.75) is 26.7 Å². The zero-order valence-electron chi connectivity index (χ0n) is 14.5. The van der Waals surface area contributed by atoms with Crippen molar-refractivity contribution in [2.24, 2.45) is 0 Å². The summed E-state index contributed by atoms with van der Waals surface area (Å²) < 4.78 is 16.1. The minimum absolute atomic E-state index is 0.0502. The quantitative estimate of drug-likeness (QED) is 0.545. The van der Waals surface area contributed by atoms with E-state index < -0.39 is 19.9 Å². The molecule has 2 aromatic carbocycles. The molecule has 4 N–H and O–H groups in total. The number of carbonyl (C=O) groups is 1. The summed E-state index contributed by atoms with van der Waals surface area (Å²) in [6.07, 6.45) is -0.405. The van der Waals surface area contributed by atoms with Gasteiger partial charge in [0.1, 0.15) is 11.5 Å². The van der Waals surface area contributed by atoms with Crippen molar-refractivity contribution >= 4 is 13.6 Å². The lowest BCUT2D eigenvalue weighted by Crippen LogP contribution is -2.03. The van der Waals surface area contributed by atoms with Gasteiger partial charge in [-0.2, -0.15) is 0 Å². The van der Waals surface area contributed by atoms with Crippen LogP contribution in [0, 0.1) is 13.8 Å². The third-order valence-electron chi connectivity index (χ3n) is 3.94. The highest BCUT2D eigenvalue weighted by Gasteiger charge is 2.15. The predicted octanol–water partition coefficient (Wildman–Crippen LogP) is 2.74. The Bertz CT molecular complexity index is 847. The van der Waals surface area contributed by atoms with Gasteiger partial charge in [0, 0.05) is 5.56 Å². The summed E-state index contributed by atoms with van der Waals surface area (Å²) in [5.74, 6) is -0.688. The van der Waals surface area contributed by atoms with Crippen LogP contribution in [0.1, 0.15) is 27.8 Å². The highest BCUT2D eigenvalue weighted by Crippen LogP contribution is 2.35. The molecule has 2 rings (SSSR count). The van der Waals surface area contributed by atoms with Crippen LogP contribution in [0.25, 0.3) is 0 Å². The summed E-state index contributed by atoms with van der Waals surface area (Å²) in [4.78, 5) is 28.7. The van der Waals surface area contributed by atoms with E-state index in [1.807, 2.05) is 13.8 Å². The number of hydrogen-bond acceptors (Lipinski definition) is 4. The number of benzene rings is 2. The Hall–Kier alpha value is -2.34. The number of aryl methyl sites for hydroxylation is 2. The molecular weight excluding hydrogens is 359 g/mol. The molecule has 8 heteroatoms. The first-order chi connectivity index (χ1) is 12.0. The van der Waals surface area contributed by atoms with Crippen molar-refractivity contribution in [2.75, 3.05) is 6.35 Å². The summed E-state index contributed by atoms with van der Waals surface area (Å²) >= 11 is 0. The fourth-order valence-electron chi connectivity index (χ4n) is 2.73. The predicted molar refractivity (Wildman–Crippen MR) is 95.7 cm³/mol. The SMILES string of the molecule is Cc1cc(OCP(=O)(O)O)cc(C)c1Cc1ccc(O)c(CC(=O)O)c1. The fourth-order valence-corrected chi connectivity index (χ4v) is 3.05. The van der Waals surface area contributed by atoms with Crippen molar-refractivity contribution in [1.29, 1.82) is 0 Å². The Kier molecular flexibility index (Phi) is 6.08. The average Bonchev–Trinajstić information content (AvgIpc) is 2.51. The summed E-state index contributed by atoms with van der Waals surface area (Å²) in [5.41, 5.74) is 3.98. The Morgan fingerprint density at radius 3 is 2.27 bits per heavy atom. The van der Waals surface area contributed by atoms with E-state index in [9.17, 15) is 14.5 Å². The van der Waals surface area contributed by atoms with E-state index in [-0.39, 0.29) is 12.2 Å². The maximum atomic E-state index is 10.9. The first-order valence-corrected chi connectivity index (χ1v) is 9.65. The molecule has 140 valence electrons. The van der Waals surface area contributed by atoms with Crippen LogP contribution >= 0.6 is 7.60 Å². The van der Waals surface area contributed by atoms with E-state index >= 15 is 0 Å². The molecule has 0 unspecified atom stereocenters. The molecule has 0 aromatic heterocycles. The molecule has 26 heavy (non-hydrogen) atoms. The Balaban J connectivity index is 2.24. The zero-order chi connectivity index (χ0) is 19.5. The number of ether oxygens (including phenoxy) is 1. The number of phenols is 1. The summed E-state index contributed by atoms with van der Waals surface area (Å²) in [6, 6.07) is 8.29. The Morgan fingerprint density at radius 2 is 1.73 bits per heavy atom. The van der Waals surface area contributed by atoms with E-state index in [4.69, 9.17) is 19.6 Å². The van der Waals surface area contributed by atoms with Crippen molar-refractivity contribution < 1.29 is 34.1 Å². The third-order valence-corrected chi connectivity index (χ3v) is 4.40. The molecule has 0 saturated heterocycles. The second kappa shape index (κ2) is 7.91. The van der Waals surface area contributed by atoms with E-state index in [1.165, 1.54) is 6.07 Å². The van der Waals surface area contributed by atoms with Gasteiger partial charge in [-0.3, -0.25) is 9.36 Å². The standard InChI is InChI=1S/C18H21O7P/c1-11-5-15(25-10-26(22,23)24)6-12(2)16(11)8-13-3-4-17(19)14(7-13)9-18(20)21/h3-7,19H,8-10H2,1-2H3,(H,20,21)(H2,22,23,24). The van der Waals surface area contributed by atoms with Crippen LogP contribution < -0.4 is 4.74 Å². The molecule has 0 amide bonds. The van der Waals surface area contributed by atoms with Gasteiger partial charge in [0.15, 0.2) is 6.35 Å². The first kappa shape index (κ1) is 20.0. The molecule has 0 radical (unpaired) electrons. The van der Waals surface area contributed by atoms with Crippen molar-refractivity contribution in [1.82, 2.24) is 0 Å². The van der Waals surface area contributed by atoms with Crippen LogP contribution in [0.2, 0.25) is 0 Å². The van der Waals surface area contributed by atoms with Crippen molar-refractivity contribution in [3.63, 3.8) is 0 Å².